The van der Waals surface area contributed by atoms with Gasteiger partial charge in [-0.3, -0.25) is 9.89 Å². The minimum Gasteiger partial charge on any atom is -0.322 e. The van der Waals surface area contributed by atoms with Crippen LogP contribution in [0, 0.1) is 0 Å². The first-order valence-corrected chi connectivity index (χ1v) is 8.38. The molecule has 1 aromatic carbocycles. The molecule has 0 bridgehead atoms. The van der Waals surface area contributed by atoms with Gasteiger partial charge in [-0.15, -0.1) is 11.3 Å². The lowest BCUT2D eigenvalue weighted by Gasteiger charge is -2.04. The smallest absolute Gasteiger partial charge is 0.256 e. The van der Waals surface area contributed by atoms with E-state index in [1.807, 2.05) is 29.6 Å². The van der Waals surface area contributed by atoms with Crippen LogP contribution in [0.4, 0.5) is 5.69 Å². The molecule has 0 aliphatic heterocycles. The first-order valence-electron chi connectivity index (χ1n) is 5.89. The van der Waals surface area contributed by atoms with E-state index in [0.717, 1.165) is 19.5 Å². The minimum absolute atomic E-state index is 0.118. The van der Waals surface area contributed by atoms with Crippen molar-refractivity contribution in [2.24, 2.45) is 0 Å². The number of aromatic amines is 1. The normalized spacial score (nSPS) is 10.5. The molecule has 0 aliphatic carbocycles. The summed E-state index contributed by atoms with van der Waals surface area (Å²) in [7, 11) is 0. The van der Waals surface area contributed by atoms with Gasteiger partial charge in [0.05, 0.1) is 9.35 Å². The highest BCUT2D eigenvalue weighted by Crippen LogP contribution is 2.26. The van der Waals surface area contributed by atoms with Gasteiger partial charge in [-0.05, 0) is 46.3 Å². The monoisotopic (exact) mass is 380 g/mol. The third-order valence-corrected chi connectivity index (χ3v) is 4.95. The van der Waals surface area contributed by atoms with Crippen LogP contribution in [-0.2, 0) is 0 Å². The Morgan fingerprint density at radius 2 is 2.14 bits per heavy atom. The van der Waals surface area contributed by atoms with Crippen LogP contribution in [0.1, 0.15) is 10.4 Å². The molecule has 0 fully saturated rings. The van der Waals surface area contributed by atoms with Crippen LogP contribution in [0.25, 0.3) is 0 Å². The number of halogens is 1. The van der Waals surface area contributed by atoms with E-state index in [9.17, 15) is 4.79 Å². The van der Waals surface area contributed by atoms with E-state index < -0.39 is 0 Å². The molecule has 21 heavy (non-hydrogen) atoms. The average molecular weight is 381 g/mol. The number of benzene rings is 1. The molecule has 0 radical (unpaired) electrons. The molecule has 0 aliphatic rings. The molecule has 0 saturated heterocycles. The summed E-state index contributed by atoms with van der Waals surface area (Å²) in [5.74, 6) is -0.118. The van der Waals surface area contributed by atoms with Gasteiger partial charge >= 0.3 is 0 Å². The van der Waals surface area contributed by atoms with Crippen LogP contribution in [0.2, 0.25) is 0 Å². The summed E-state index contributed by atoms with van der Waals surface area (Å²) < 4.78 is 0.937. The number of aromatic nitrogens is 3. The van der Waals surface area contributed by atoms with Crippen molar-refractivity contribution in [1.82, 2.24) is 15.2 Å². The average Bonchev–Trinajstić information content (AvgIpc) is 3.12. The van der Waals surface area contributed by atoms with Crippen molar-refractivity contribution in [3.05, 3.63) is 51.4 Å². The van der Waals surface area contributed by atoms with Gasteiger partial charge in [-0.1, -0.05) is 11.8 Å². The highest BCUT2D eigenvalue weighted by atomic mass is 79.9. The van der Waals surface area contributed by atoms with Crippen molar-refractivity contribution in [2.75, 3.05) is 5.32 Å². The first-order chi connectivity index (χ1) is 10.2. The zero-order valence-electron chi connectivity index (χ0n) is 10.5. The maximum absolute atomic E-state index is 12.0. The Morgan fingerprint density at radius 3 is 2.76 bits per heavy atom. The zero-order valence-corrected chi connectivity index (χ0v) is 13.8. The summed E-state index contributed by atoms with van der Waals surface area (Å²) >= 11 is 6.30. The number of carbonyl (C=O) groups excluding carboxylic acids is 1. The van der Waals surface area contributed by atoms with E-state index in [4.69, 9.17) is 0 Å². The fraction of sp³-hybridized carbons (Fsp3) is 0. The lowest BCUT2D eigenvalue weighted by molar-refractivity contribution is 0.102. The van der Waals surface area contributed by atoms with Gasteiger partial charge in [-0.2, -0.15) is 5.10 Å². The standard InChI is InChI=1S/C13H9BrN4OS2/c14-11-5-8(6-20-11)12(19)17-9-1-3-10(4-2-9)21-13-15-7-16-18-13/h1-7H,(H,17,19)(H,15,16,18). The molecule has 8 heteroatoms. The Balaban J connectivity index is 1.65. The second-order valence-electron chi connectivity index (χ2n) is 4.01. The van der Waals surface area contributed by atoms with Crippen molar-refractivity contribution in [3.8, 4) is 0 Å². The number of hydrogen-bond donors (Lipinski definition) is 2. The number of rotatable bonds is 4. The Bertz CT molecular complexity index is 740. The predicted octanol–water partition coefficient (Wildman–Crippen LogP) is 4.03. The molecule has 0 unspecified atom stereocenters. The van der Waals surface area contributed by atoms with Crippen molar-refractivity contribution in [1.29, 1.82) is 0 Å². The fourth-order valence-electron chi connectivity index (χ4n) is 1.59. The highest BCUT2D eigenvalue weighted by molar-refractivity contribution is 9.11. The Kier molecular flexibility index (Phi) is 4.37. The van der Waals surface area contributed by atoms with E-state index in [1.54, 1.807) is 6.07 Å². The van der Waals surface area contributed by atoms with Crippen molar-refractivity contribution in [3.63, 3.8) is 0 Å². The molecule has 0 spiro atoms. The van der Waals surface area contributed by atoms with Crippen molar-refractivity contribution >= 4 is 50.6 Å². The van der Waals surface area contributed by atoms with Gasteiger partial charge in [0.1, 0.15) is 6.33 Å². The Morgan fingerprint density at radius 1 is 1.33 bits per heavy atom. The quantitative estimate of drug-likeness (QED) is 0.716. The van der Waals surface area contributed by atoms with Gasteiger partial charge in [-0.25, -0.2) is 4.98 Å². The van der Waals surface area contributed by atoms with Gasteiger partial charge in [0.2, 0.25) is 0 Å². The number of amides is 1. The molecular formula is C13H9BrN4OS2. The second kappa shape index (κ2) is 6.42. The molecule has 5 nitrogen and oxygen atoms in total. The number of nitrogens with one attached hydrogen (secondary N) is 2. The molecule has 0 atom stereocenters. The maximum atomic E-state index is 12.0. The minimum atomic E-state index is -0.118. The maximum Gasteiger partial charge on any atom is 0.256 e. The van der Waals surface area contributed by atoms with Gasteiger partial charge in [0.15, 0.2) is 5.16 Å². The van der Waals surface area contributed by atoms with Gasteiger partial charge in [0, 0.05) is 16.0 Å². The van der Waals surface area contributed by atoms with Gasteiger partial charge in [0.25, 0.3) is 5.91 Å². The molecule has 2 heterocycles. The number of anilines is 1. The number of nitrogens with zero attached hydrogens (tertiary/aromatic N) is 2. The fourth-order valence-corrected chi connectivity index (χ4v) is 3.42. The molecule has 106 valence electrons. The lowest BCUT2D eigenvalue weighted by Crippen LogP contribution is -2.10. The third-order valence-electron chi connectivity index (χ3n) is 2.55. The van der Waals surface area contributed by atoms with Gasteiger partial charge < -0.3 is 5.32 Å². The molecule has 2 N–H and O–H groups in total. The largest absolute Gasteiger partial charge is 0.322 e. The summed E-state index contributed by atoms with van der Waals surface area (Å²) in [5.41, 5.74) is 1.40. The van der Waals surface area contributed by atoms with Crippen LogP contribution < -0.4 is 5.32 Å². The summed E-state index contributed by atoms with van der Waals surface area (Å²) in [4.78, 5) is 17.1. The lowest BCUT2D eigenvalue weighted by atomic mass is 10.3. The molecule has 3 rings (SSSR count). The molecule has 2 aromatic heterocycles. The topological polar surface area (TPSA) is 70.7 Å². The van der Waals surface area contributed by atoms with Crippen LogP contribution in [0.15, 0.2) is 55.9 Å². The summed E-state index contributed by atoms with van der Waals surface area (Å²) in [6, 6.07) is 9.36. The van der Waals surface area contributed by atoms with Crippen molar-refractivity contribution < 1.29 is 4.79 Å². The van der Waals surface area contributed by atoms with E-state index in [2.05, 4.69) is 36.4 Å². The SMILES string of the molecule is O=C(Nc1ccc(Sc2ncn[nH]2)cc1)c1csc(Br)c1. The van der Waals surface area contributed by atoms with Crippen molar-refractivity contribution in [2.45, 2.75) is 10.1 Å². The summed E-state index contributed by atoms with van der Waals surface area (Å²) in [6.07, 6.45) is 1.47. The van der Waals surface area contributed by atoms with E-state index in [1.165, 1.54) is 29.4 Å². The third kappa shape index (κ3) is 3.72. The molecule has 0 saturated carbocycles. The highest BCUT2D eigenvalue weighted by Gasteiger charge is 2.08. The second-order valence-corrected chi connectivity index (χ2v) is 7.36. The Hall–Kier alpha value is -1.64. The van der Waals surface area contributed by atoms with Crippen LogP contribution in [0.3, 0.4) is 0 Å². The van der Waals surface area contributed by atoms with E-state index in [0.29, 0.717) is 5.56 Å². The number of thiophene rings is 1. The molecule has 1 amide bonds. The Labute approximate surface area is 137 Å². The van der Waals surface area contributed by atoms with Crippen LogP contribution >= 0.6 is 39.0 Å². The molecular weight excluding hydrogens is 372 g/mol. The van der Waals surface area contributed by atoms with Crippen LogP contribution in [-0.4, -0.2) is 21.1 Å². The predicted molar refractivity (Wildman–Crippen MR) is 86.9 cm³/mol. The molecule has 3 aromatic rings. The number of H-pyrrole nitrogens is 1. The number of hydrogen-bond acceptors (Lipinski definition) is 5. The summed E-state index contributed by atoms with van der Waals surface area (Å²) in [6.45, 7) is 0. The first kappa shape index (κ1) is 14.3. The zero-order chi connectivity index (χ0) is 14.7. The van der Waals surface area contributed by atoms with E-state index in [-0.39, 0.29) is 5.91 Å². The summed E-state index contributed by atoms with van der Waals surface area (Å²) in [5, 5.41) is 12.0. The van der Waals surface area contributed by atoms with E-state index >= 15 is 0 Å². The number of carbonyl (C=O) groups is 1. The van der Waals surface area contributed by atoms with Crippen LogP contribution in [0.5, 0.6) is 0 Å².